The summed E-state index contributed by atoms with van der Waals surface area (Å²) in [4.78, 5) is 2.66. The summed E-state index contributed by atoms with van der Waals surface area (Å²) in [6.45, 7) is 8.44. The molecule has 0 amide bonds. The zero-order valence-corrected chi connectivity index (χ0v) is 28.0. The third kappa shape index (κ3) is 8.39. The van der Waals surface area contributed by atoms with Gasteiger partial charge in [-0.15, -0.1) is 0 Å². The molecule has 1 aliphatic heterocycles. The average Bonchev–Trinajstić information content (AvgIpc) is 3.06. The van der Waals surface area contributed by atoms with Crippen molar-refractivity contribution in [2.75, 3.05) is 27.0 Å². The molecule has 0 N–H and O–H groups in total. The Morgan fingerprint density at radius 2 is 1.39 bits per heavy atom. The van der Waals surface area contributed by atoms with E-state index >= 15 is 0 Å². The first-order chi connectivity index (χ1) is 21.6. The van der Waals surface area contributed by atoms with E-state index < -0.39 is 0 Å². The molecule has 4 heteroatoms. The van der Waals surface area contributed by atoms with Gasteiger partial charge in [-0.2, -0.15) is 0 Å². The SMILES string of the molecule is CCCC(CC)(Pc1ccccc1CN1CCCCC1)c1cc(Cc2ccccc2)cc(Cc2ccccc2)c1OCOC. The molecule has 4 aromatic rings. The second kappa shape index (κ2) is 16.4. The van der Waals surface area contributed by atoms with E-state index in [1.807, 2.05) is 0 Å². The molecule has 44 heavy (non-hydrogen) atoms. The third-order valence-electron chi connectivity index (χ3n) is 9.07. The van der Waals surface area contributed by atoms with Crippen molar-refractivity contribution < 1.29 is 9.47 Å². The van der Waals surface area contributed by atoms with E-state index in [0.717, 1.165) is 44.4 Å². The van der Waals surface area contributed by atoms with Gasteiger partial charge in [0.1, 0.15) is 5.75 Å². The van der Waals surface area contributed by atoms with Crippen LogP contribution in [-0.4, -0.2) is 31.9 Å². The van der Waals surface area contributed by atoms with Crippen LogP contribution in [0.4, 0.5) is 0 Å². The van der Waals surface area contributed by atoms with Gasteiger partial charge in [0.05, 0.1) is 0 Å². The van der Waals surface area contributed by atoms with Crippen LogP contribution in [0.5, 0.6) is 5.75 Å². The highest BCUT2D eigenvalue weighted by molar-refractivity contribution is 7.48. The van der Waals surface area contributed by atoms with Crippen LogP contribution in [-0.2, 0) is 29.3 Å². The predicted octanol–water partition coefficient (Wildman–Crippen LogP) is 9.25. The van der Waals surface area contributed by atoms with E-state index in [-0.39, 0.29) is 11.9 Å². The van der Waals surface area contributed by atoms with Crippen LogP contribution >= 0.6 is 8.58 Å². The van der Waals surface area contributed by atoms with Crippen LogP contribution in [0.2, 0.25) is 0 Å². The van der Waals surface area contributed by atoms with Gasteiger partial charge in [-0.05, 0) is 78.3 Å². The first-order valence-electron chi connectivity index (χ1n) is 16.6. The lowest BCUT2D eigenvalue weighted by Gasteiger charge is -2.37. The van der Waals surface area contributed by atoms with Gasteiger partial charge in [0.2, 0.25) is 0 Å². The number of hydrogen-bond acceptors (Lipinski definition) is 3. The van der Waals surface area contributed by atoms with E-state index in [4.69, 9.17) is 9.47 Å². The van der Waals surface area contributed by atoms with Crippen LogP contribution in [0.3, 0.4) is 0 Å². The number of benzene rings is 4. The number of piperidine rings is 1. The maximum Gasteiger partial charge on any atom is 0.188 e. The quantitative estimate of drug-likeness (QED) is 0.0993. The lowest BCUT2D eigenvalue weighted by Crippen LogP contribution is -2.31. The van der Waals surface area contributed by atoms with Gasteiger partial charge in [-0.1, -0.05) is 132 Å². The molecule has 0 aliphatic carbocycles. The summed E-state index contributed by atoms with van der Waals surface area (Å²) in [6.07, 6.45) is 9.02. The molecule has 3 nitrogen and oxygen atoms in total. The van der Waals surface area contributed by atoms with Gasteiger partial charge in [-0.3, -0.25) is 4.90 Å². The number of rotatable bonds is 15. The fourth-order valence-electron chi connectivity index (χ4n) is 6.82. The van der Waals surface area contributed by atoms with Crippen molar-refractivity contribution in [3.63, 3.8) is 0 Å². The van der Waals surface area contributed by atoms with Crippen molar-refractivity contribution in [1.82, 2.24) is 4.90 Å². The Balaban J connectivity index is 1.63. The Morgan fingerprint density at radius 1 is 0.727 bits per heavy atom. The summed E-state index contributed by atoms with van der Waals surface area (Å²) in [5, 5.41) is 1.47. The summed E-state index contributed by atoms with van der Waals surface area (Å²) in [6, 6.07) is 35.8. The number of nitrogens with zero attached hydrogens (tertiary/aromatic N) is 1. The minimum absolute atomic E-state index is 0.0338. The summed E-state index contributed by atoms with van der Waals surface area (Å²) >= 11 is 0. The van der Waals surface area contributed by atoms with E-state index in [1.165, 1.54) is 71.0 Å². The number of likely N-dealkylation sites (tertiary alicyclic amines) is 1. The molecule has 1 fully saturated rings. The second-order valence-corrected chi connectivity index (χ2v) is 14.1. The van der Waals surface area contributed by atoms with Crippen molar-refractivity contribution in [1.29, 1.82) is 0 Å². The van der Waals surface area contributed by atoms with Gasteiger partial charge >= 0.3 is 0 Å². The normalized spacial score (nSPS) is 15.4. The second-order valence-electron chi connectivity index (χ2n) is 12.3. The highest BCUT2D eigenvalue weighted by Gasteiger charge is 2.35. The molecule has 232 valence electrons. The molecule has 0 spiro atoms. The number of hydrogen-bond donors (Lipinski definition) is 0. The maximum atomic E-state index is 6.61. The van der Waals surface area contributed by atoms with Crippen LogP contribution in [0.1, 0.15) is 85.8 Å². The molecule has 0 bridgehead atoms. The van der Waals surface area contributed by atoms with Crippen LogP contribution < -0.4 is 10.0 Å². The zero-order chi connectivity index (χ0) is 30.6. The lowest BCUT2D eigenvalue weighted by molar-refractivity contribution is 0.0492. The fraction of sp³-hybridized carbons (Fsp3) is 0.400. The van der Waals surface area contributed by atoms with Gasteiger partial charge in [0.25, 0.3) is 0 Å². The van der Waals surface area contributed by atoms with E-state index in [2.05, 4.69) is 116 Å². The Morgan fingerprint density at radius 3 is 2.05 bits per heavy atom. The van der Waals surface area contributed by atoms with E-state index in [1.54, 1.807) is 7.11 Å². The largest absolute Gasteiger partial charge is 0.467 e. The fourth-order valence-corrected chi connectivity index (χ4v) is 8.71. The molecular formula is C40H50NO2P. The van der Waals surface area contributed by atoms with Crippen molar-refractivity contribution >= 4 is 13.9 Å². The standard InChI is InChI=1S/C40H50NO2P/c1-4-23-40(5-2,44-38-22-14-13-21-35(38)30-41-24-15-8-16-25-41)37-29-34(26-32-17-9-6-10-18-32)28-36(39(37)43-31-42-3)27-33-19-11-7-12-20-33/h6-7,9-14,17-22,28-29,44H,4-5,8,15-16,23-27,30-31H2,1-3H3. The Bertz CT molecular complexity index is 1430. The van der Waals surface area contributed by atoms with Crippen molar-refractivity contribution in [3.8, 4) is 5.75 Å². The molecule has 1 heterocycles. The Labute approximate surface area is 267 Å². The monoisotopic (exact) mass is 607 g/mol. The molecule has 4 aromatic carbocycles. The predicted molar refractivity (Wildman–Crippen MR) is 188 cm³/mol. The molecule has 2 unspecified atom stereocenters. The molecule has 1 aliphatic rings. The van der Waals surface area contributed by atoms with Crippen molar-refractivity contribution in [2.45, 2.75) is 76.9 Å². The minimum Gasteiger partial charge on any atom is -0.467 e. The highest BCUT2D eigenvalue weighted by Crippen LogP contribution is 2.52. The number of methoxy groups -OCH3 is 1. The van der Waals surface area contributed by atoms with Crippen LogP contribution in [0.25, 0.3) is 0 Å². The molecule has 0 saturated carbocycles. The van der Waals surface area contributed by atoms with Gasteiger partial charge < -0.3 is 9.47 Å². The first-order valence-corrected chi connectivity index (χ1v) is 17.6. The molecule has 5 rings (SSSR count). The molecule has 0 radical (unpaired) electrons. The summed E-state index contributed by atoms with van der Waals surface area (Å²) in [5.74, 6) is 1.02. The average molecular weight is 608 g/mol. The van der Waals surface area contributed by atoms with Gasteiger partial charge in [-0.25, -0.2) is 0 Å². The highest BCUT2D eigenvalue weighted by atomic mass is 31.1. The minimum atomic E-state index is -0.0338. The number of ether oxygens (including phenoxy) is 2. The lowest BCUT2D eigenvalue weighted by atomic mass is 9.85. The third-order valence-corrected chi connectivity index (χ3v) is 11.2. The molecule has 0 aromatic heterocycles. The van der Waals surface area contributed by atoms with Crippen LogP contribution in [0, 0.1) is 0 Å². The van der Waals surface area contributed by atoms with E-state index in [0.29, 0.717) is 8.58 Å². The van der Waals surface area contributed by atoms with Crippen LogP contribution in [0.15, 0.2) is 97.1 Å². The Hall–Kier alpha value is -2.97. The van der Waals surface area contributed by atoms with Gasteiger partial charge in [0.15, 0.2) is 6.79 Å². The maximum absolute atomic E-state index is 6.61. The molecular weight excluding hydrogens is 557 g/mol. The smallest absolute Gasteiger partial charge is 0.188 e. The first kappa shape index (κ1) is 32.4. The summed E-state index contributed by atoms with van der Waals surface area (Å²) < 4.78 is 12.1. The summed E-state index contributed by atoms with van der Waals surface area (Å²) in [5.41, 5.74) is 8.07. The zero-order valence-electron chi connectivity index (χ0n) is 27.0. The summed E-state index contributed by atoms with van der Waals surface area (Å²) in [7, 11) is 2.37. The van der Waals surface area contributed by atoms with Gasteiger partial charge in [0, 0.05) is 30.8 Å². The van der Waals surface area contributed by atoms with E-state index in [9.17, 15) is 0 Å². The van der Waals surface area contributed by atoms with Crippen molar-refractivity contribution in [3.05, 3.63) is 130 Å². The Kier molecular flexibility index (Phi) is 12.1. The molecule has 1 saturated heterocycles. The topological polar surface area (TPSA) is 21.7 Å². The molecule has 2 atom stereocenters. The van der Waals surface area contributed by atoms with Crippen molar-refractivity contribution in [2.24, 2.45) is 0 Å².